The number of rotatable bonds is 2. The Hall–Kier alpha value is -0.590. The van der Waals surface area contributed by atoms with Gasteiger partial charge in [0.2, 0.25) is 0 Å². The van der Waals surface area contributed by atoms with E-state index in [0.717, 1.165) is 26.2 Å². The Morgan fingerprint density at radius 1 is 1.15 bits per heavy atom. The Labute approximate surface area is 128 Å². The molecule has 0 spiro atoms. The number of amides is 1. The number of carbonyl (C=O) groups is 1. The highest BCUT2D eigenvalue weighted by Gasteiger charge is 2.28. The van der Waals surface area contributed by atoms with Crippen molar-refractivity contribution in [1.82, 2.24) is 9.80 Å². The van der Waals surface area contributed by atoms with Crippen LogP contribution in [0, 0.1) is 0 Å². The standard InChI is InChI=1S/C14H20N2O2S2/c17-14(13-2-1-7-18-13)16-5-3-15(4-6-16)12-10-19-8-9-20-11-12/h1-2,7,12H,3-6,8-11H2. The molecule has 0 unspecified atom stereocenters. The van der Waals surface area contributed by atoms with E-state index in [0.29, 0.717) is 11.8 Å². The van der Waals surface area contributed by atoms with Gasteiger partial charge in [0.05, 0.1) is 6.26 Å². The van der Waals surface area contributed by atoms with Crippen molar-refractivity contribution >= 4 is 29.4 Å². The highest BCUT2D eigenvalue weighted by molar-refractivity contribution is 8.03. The molecule has 4 nitrogen and oxygen atoms in total. The van der Waals surface area contributed by atoms with Crippen molar-refractivity contribution < 1.29 is 9.21 Å². The largest absolute Gasteiger partial charge is 0.459 e. The van der Waals surface area contributed by atoms with Crippen LogP contribution in [0.5, 0.6) is 0 Å². The number of piperazine rings is 1. The summed E-state index contributed by atoms with van der Waals surface area (Å²) in [5.74, 6) is 5.51. The van der Waals surface area contributed by atoms with Crippen molar-refractivity contribution in [3.8, 4) is 0 Å². The highest BCUT2D eigenvalue weighted by Crippen LogP contribution is 2.21. The van der Waals surface area contributed by atoms with Crippen molar-refractivity contribution in [3.05, 3.63) is 24.2 Å². The van der Waals surface area contributed by atoms with Gasteiger partial charge in [-0.15, -0.1) is 0 Å². The molecule has 0 bridgehead atoms. The van der Waals surface area contributed by atoms with Crippen molar-refractivity contribution in [1.29, 1.82) is 0 Å². The summed E-state index contributed by atoms with van der Waals surface area (Å²) in [5, 5.41) is 0. The molecule has 2 fully saturated rings. The van der Waals surface area contributed by atoms with Crippen molar-refractivity contribution in [2.75, 3.05) is 49.2 Å². The van der Waals surface area contributed by atoms with Gasteiger partial charge in [-0.05, 0) is 12.1 Å². The minimum Gasteiger partial charge on any atom is -0.459 e. The van der Waals surface area contributed by atoms with Crippen LogP contribution in [0.2, 0.25) is 0 Å². The lowest BCUT2D eigenvalue weighted by Crippen LogP contribution is -2.53. The van der Waals surface area contributed by atoms with E-state index in [1.165, 1.54) is 23.0 Å². The molecule has 2 aliphatic heterocycles. The quantitative estimate of drug-likeness (QED) is 0.833. The normalized spacial score (nSPS) is 22.7. The van der Waals surface area contributed by atoms with Crippen LogP contribution in [-0.4, -0.2) is 70.9 Å². The molecule has 0 aliphatic carbocycles. The number of hydrogen-bond donors (Lipinski definition) is 0. The lowest BCUT2D eigenvalue weighted by atomic mass is 10.2. The van der Waals surface area contributed by atoms with E-state index in [9.17, 15) is 4.79 Å². The monoisotopic (exact) mass is 312 g/mol. The molecule has 20 heavy (non-hydrogen) atoms. The molecule has 1 amide bonds. The zero-order chi connectivity index (χ0) is 13.8. The van der Waals surface area contributed by atoms with Gasteiger partial charge in [-0.1, -0.05) is 0 Å². The molecule has 0 radical (unpaired) electrons. The van der Waals surface area contributed by atoms with Crippen LogP contribution in [0.1, 0.15) is 10.6 Å². The summed E-state index contributed by atoms with van der Waals surface area (Å²) in [6.07, 6.45) is 1.56. The van der Waals surface area contributed by atoms with Gasteiger partial charge >= 0.3 is 0 Å². The number of nitrogens with zero attached hydrogens (tertiary/aromatic N) is 2. The molecule has 2 aliphatic rings. The summed E-state index contributed by atoms with van der Waals surface area (Å²) in [5.41, 5.74) is 0. The first-order chi connectivity index (χ1) is 9.84. The van der Waals surface area contributed by atoms with Crippen molar-refractivity contribution in [2.24, 2.45) is 0 Å². The van der Waals surface area contributed by atoms with E-state index in [2.05, 4.69) is 28.4 Å². The minimum atomic E-state index is 0.0271. The predicted octanol–water partition coefficient (Wildman–Crippen LogP) is 1.89. The van der Waals surface area contributed by atoms with Crippen molar-refractivity contribution in [3.63, 3.8) is 0 Å². The Morgan fingerprint density at radius 3 is 2.45 bits per heavy atom. The van der Waals surface area contributed by atoms with E-state index in [1.54, 1.807) is 18.4 Å². The molecular weight excluding hydrogens is 292 g/mol. The second-order valence-corrected chi connectivity index (χ2v) is 7.41. The summed E-state index contributed by atoms with van der Waals surface area (Å²) in [7, 11) is 0. The van der Waals surface area contributed by atoms with E-state index in [4.69, 9.17) is 4.42 Å². The number of furan rings is 1. The summed E-state index contributed by atoms with van der Waals surface area (Å²) in [4.78, 5) is 16.7. The van der Waals surface area contributed by atoms with Crippen LogP contribution in [0.3, 0.4) is 0 Å². The fraction of sp³-hybridized carbons (Fsp3) is 0.643. The summed E-state index contributed by atoms with van der Waals surface area (Å²) in [6.45, 7) is 3.59. The number of thioether (sulfide) groups is 2. The van der Waals surface area contributed by atoms with Gasteiger partial charge in [0.15, 0.2) is 5.76 Å². The van der Waals surface area contributed by atoms with Crippen LogP contribution in [-0.2, 0) is 0 Å². The number of hydrogen-bond acceptors (Lipinski definition) is 5. The Kier molecular flexibility index (Phi) is 4.96. The molecule has 3 rings (SSSR count). The molecule has 0 saturated carbocycles. The first-order valence-electron chi connectivity index (χ1n) is 7.07. The maximum atomic E-state index is 12.2. The van der Waals surface area contributed by atoms with Crippen LogP contribution >= 0.6 is 23.5 Å². The minimum absolute atomic E-state index is 0.0271. The average molecular weight is 312 g/mol. The number of carbonyl (C=O) groups excluding carboxylic acids is 1. The Balaban J connectivity index is 1.52. The van der Waals surface area contributed by atoms with E-state index >= 15 is 0 Å². The molecular formula is C14H20N2O2S2. The molecule has 1 aromatic heterocycles. The second-order valence-electron chi connectivity index (χ2n) is 5.11. The molecule has 110 valence electrons. The van der Waals surface area contributed by atoms with Crippen LogP contribution < -0.4 is 0 Å². The maximum Gasteiger partial charge on any atom is 0.289 e. The lowest BCUT2D eigenvalue weighted by molar-refractivity contribution is 0.0572. The third kappa shape index (κ3) is 3.35. The fourth-order valence-corrected chi connectivity index (χ4v) is 5.29. The topological polar surface area (TPSA) is 36.7 Å². The smallest absolute Gasteiger partial charge is 0.289 e. The Morgan fingerprint density at radius 2 is 1.85 bits per heavy atom. The summed E-state index contributed by atoms with van der Waals surface area (Å²) < 4.78 is 5.20. The molecule has 0 aromatic carbocycles. The van der Waals surface area contributed by atoms with Gasteiger partial charge in [-0.2, -0.15) is 23.5 Å². The van der Waals surface area contributed by atoms with E-state index in [-0.39, 0.29) is 5.91 Å². The average Bonchev–Trinajstić information content (AvgIpc) is 2.89. The molecule has 3 heterocycles. The first kappa shape index (κ1) is 14.4. The fourth-order valence-electron chi connectivity index (χ4n) is 2.66. The summed E-state index contributed by atoms with van der Waals surface area (Å²) in [6, 6.07) is 4.19. The van der Waals surface area contributed by atoms with E-state index in [1.807, 2.05) is 4.90 Å². The highest BCUT2D eigenvalue weighted by atomic mass is 32.2. The third-order valence-electron chi connectivity index (χ3n) is 3.84. The van der Waals surface area contributed by atoms with Crippen LogP contribution in [0.25, 0.3) is 0 Å². The predicted molar refractivity (Wildman–Crippen MR) is 84.6 cm³/mol. The van der Waals surface area contributed by atoms with Gasteiger partial charge in [-0.3, -0.25) is 9.69 Å². The van der Waals surface area contributed by atoms with Crippen LogP contribution in [0.15, 0.2) is 22.8 Å². The molecule has 1 aromatic rings. The SMILES string of the molecule is O=C(c1ccco1)N1CCN(C2CSCCSC2)CC1. The van der Waals surface area contributed by atoms with Crippen molar-refractivity contribution in [2.45, 2.75) is 6.04 Å². The summed E-state index contributed by atoms with van der Waals surface area (Å²) >= 11 is 4.13. The van der Waals surface area contributed by atoms with E-state index < -0.39 is 0 Å². The third-order valence-corrected chi connectivity index (χ3v) is 6.33. The van der Waals surface area contributed by atoms with Gasteiger partial charge in [0.1, 0.15) is 0 Å². The zero-order valence-corrected chi connectivity index (χ0v) is 13.1. The lowest BCUT2D eigenvalue weighted by Gasteiger charge is -2.38. The van der Waals surface area contributed by atoms with Gasteiger partial charge in [0, 0.05) is 55.2 Å². The maximum absolute atomic E-state index is 12.2. The Bertz CT molecular complexity index is 422. The first-order valence-corrected chi connectivity index (χ1v) is 9.38. The molecule has 0 N–H and O–H groups in total. The second kappa shape index (κ2) is 6.91. The molecule has 2 saturated heterocycles. The van der Waals surface area contributed by atoms with Crippen LogP contribution in [0.4, 0.5) is 0 Å². The van der Waals surface area contributed by atoms with Gasteiger partial charge < -0.3 is 9.32 Å². The zero-order valence-electron chi connectivity index (χ0n) is 11.5. The molecule has 6 heteroatoms. The van der Waals surface area contributed by atoms with Gasteiger partial charge in [0.25, 0.3) is 5.91 Å². The molecule has 0 atom stereocenters. The van der Waals surface area contributed by atoms with Gasteiger partial charge in [-0.25, -0.2) is 0 Å².